The zero-order valence-electron chi connectivity index (χ0n) is 15.5. The molecule has 0 aliphatic carbocycles. The van der Waals surface area contributed by atoms with Gasteiger partial charge in [0.1, 0.15) is 5.75 Å². The second kappa shape index (κ2) is 8.71. The standard InChI is InChI=1S/C22H19BrN2O3/c1-14-12-17(24-22(27)18-13-16(23)8-11-20(18)28-2)9-10-19(14)25-21(26)15-6-4-3-5-7-15/h3-13H,1-2H3,(H,24,27)(H,25,26). The maximum Gasteiger partial charge on any atom is 0.259 e. The van der Waals surface area contributed by atoms with Crippen LogP contribution in [0.4, 0.5) is 11.4 Å². The Balaban J connectivity index is 1.75. The third kappa shape index (κ3) is 4.58. The summed E-state index contributed by atoms with van der Waals surface area (Å²) in [6, 6.07) is 19.6. The van der Waals surface area contributed by atoms with Gasteiger partial charge in [-0.1, -0.05) is 34.1 Å². The zero-order chi connectivity index (χ0) is 20.1. The van der Waals surface area contributed by atoms with Crippen molar-refractivity contribution in [1.82, 2.24) is 0 Å². The number of rotatable bonds is 5. The van der Waals surface area contributed by atoms with Gasteiger partial charge in [0.05, 0.1) is 12.7 Å². The van der Waals surface area contributed by atoms with Crippen LogP contribution in [0.25, 0.3) is 0 Å². The number of anilines is 2. The van der Waals surface area contributed by atoms with E-state index >= 15 is 0 Å². The van der Waals surface area contributed by atoms with Crippen molar-refractivity contribution in [2.24, 2.45) is 0 Å². The molecule has 3 aromatic carbocycles. The molecule has 6 heteroatoms. The first-order chi connectivity index (χ1) is 13.5. The summed E-state index contributed by atoms with van der Waals surface area (Å²) in [5.74, 6) is 0.0298. The van der Waals surface area contributed by atoms with E-state index in [0.29, 0.717) is 28.3 Å². The van der Waals surface area contributed by atoms with E-state index in [1.165, 1.54) is 7.11 Å². The minimum atomic E-state index is -0.279. The van der Waals surface area contributed by atoms with Crippen LogP contribution in [0.15, 0.2) is 71.2 Å². The van der Waals surface area contributed by atoms with Crippen LogP contribution >= 0.6 is 15.9 Å². The van der Waals surface area contributed by atoms with Gasteiger partial charge in [-0.3, -0.25) is 9.59 Å². The SMILES string of the molecule is COc1ccc(Br)cc1C(=O)Nc1ccc(NC(=O)c2ccccc2)c(C)c1. The van der Waals surface area contributed by atoms with Gasteiger partial charge in [0.2, 0.25) is 0 Å². The Labute approximate surface area is 171 Å². The number of amides is 2. The maximum absolute atomic E-state index is 12.6. The lowest BCUT2D eigenvalue weighted by Gasteiger charge is -2.13. The molecule has 0 spiro atoms. The van der Waals surface area contributed by atoms with Gasteiger partial charge in [-0.25, -0.2) is 0 Å². The predicted molar refractivity (Wildman–Crippen MR) is 114 cm³/mol. The van der Waals surface area contributed by atoms with Gasteiger partial charge in [-0.15, -0.1) is 0 Å². The minimum absolute atomic E-state index is 0.181. The van der Waals surface area contributed by atoms with E-state index in [-0.39, 0.29) is 11.8 Å². The van der Waals surface area contributed by atoms with Crippen LogP contribution in [0.5, 0.6) is 5.75 Å². The molecule has 5 nitrogen and oxygen atoms in total. The van der Waals surface area contributed by atoms with Gasteiger partial charge in [0, 0.05) is 21.4 Å². The molecule has 0 fully saturated rings. The number of carbonyl (C=O) groups is 2. The highest BCUT2D eigenvalue weighted by molar-refractivity contribution is 9.10. The summed E-state index contributed by atoms with van der Waals surface area (Å²) >= 11 is 3.37. The normalized spacial score (nSPS) is 10.2. The fourth-order valence-electron chi connectivity index (χ4n) is 2.72. The van der Waals surface area contributed by atoms with E-state index in [4.69, 9.17) is 4.74 Å². The monoisotopic (exact) mass is 438 g/mol. The molecular formula is C22H19BrN2O3. The van der Waals surface area contributed by atoms with Crippen molar-refractivity contribution in [3.63, 3.8) is 0 Å². The second-order valence-electron chi connectivity index (χ2n) is 6.15. The highest BCUT2D eigenvalue weighted by Gasteiger charge is 2.14. The Hall–Kier alpha value is -3.12. The van der Waals surface area contributed by atoms with Gasteiger partial charge >= 0.3 is 0 Å². The number of benzene rings is 3. The highest BCUT2D eigenvalue weighted by atomic mass is 79.9. The molecular weight excluding hydrogens is 420 g/mol. The van der Waals surface area contributed by atoms with Gasteiger partial charge in [-0.05, 0) is 61.0 Å². The van der Waals surface area contributed by atoms with Crippen LogP contribution in [0, 0.1) is 6.92 Å². The van der Waals surface area contributed by atoms with E-state index in [2.05, 4.69) is 26.6 Å². The van der Waals surface area contributed by atoms with Crippen molar-refractivity contribution < 1.29 is 14.3 Å². The fourth-order valence-corrected chi connectivity index (χ4v) is 3.08. The van der Waals surface area contributed by atoms with Crippen LogP contribution in [0.1, 0.15) is 26.3 Å². The minimum Gasteiger partial charge on any atom is -0.496 e. The molecule has 0 saturated heterocycles. The molecule has 2 N–H and O–H groups in total. The predicted octanol–water partition coefficient (Wildman–Crippen LogP) is 5.27. The van der Waals surface area contributed by atoms with Crippen LogP contribution in [-0.4, -0.2) is 18.9 Å². The summed E-state index contributed by atoms with van der Waals surface area (Å²) in [6.45, 7) is 1.87. The van der Waals surface area contributed by atoms with Crippen molar-refractivity contribution in [3.05, 3.63) is 87.9 Å². The molecule has 0 aliphatic rings. The van der Waals surface area contributed by atoms with E-state index in [1.807, 2.05) is 37.3 Å². The molecule has 2 amide bonds. The molecule has 0 heterocycles. The summed E-state index contributed by atoms with van der Waals surface area (Å²) in [6.07, 6.45) is 0. The van der Waals surface area contributed by atoms with Crippen LogP contribution < -0.4 is 15.4 Å². The summed E-state index contributed by atoms with van der Waals surface area (Å²) in [7, 11) is 1.52. The fraction of sp³-hybridized carbons (Fsp3) is 0.0909. The highest BCUT2D eigenvalue weighted by Crippen LogP contribution is 2.25. The summed E-state index contributed by atoms with van der Waals surface area (Å²) in [5.41, 5.74) is 3.16. The van der Waals surface area contributed by atoms with Crippen molar-refractivity contribution in [3.8, 4) is 5.75 Å². The van der Waals surface area contributed by atoms with Crippen molar-refractivity contribution >= 4 is 39.1 Å². The number of halogens is 1. The number of nitrogens with one attached hydrogen (secondary N) is 2. The van der Waals surface area contributed by atoms with E-state index < -0.39 is 0 Å². The lowest BCUT2D eigenvalue weighted by molar-refractivity contribution is 0.101. The zero-order valence-corrected chi connectivity index (χ0v) is 17.0. The quantitative estimate of drug-likeness (QED) is 0.569. The number of hydrogen-bond donors (Lipinski definition) is 2. The summed E-state index contributed by atoms with van der Waals surface area (Å²) in [4.78, 5) is 24.9. The van der Waals surface area contributed by atoms with Crippen LogP contribution in [-0.2, 0) is 0 Å². The molecule has 142 valence electrons. The molecule has 0 aliphatic heterocycles. The lowest BCUT2D eigenvalue weighted by Crippen LogP contribution is -2.15. The molecule has 0 unspecified atom stereocenters. The number of hydrogen-bond acceptors (Lipinski definition) is 3. The molecule has 0 bridgehead atoms. The molecule has 0 radical (unpaired) electrons. The van der Waals surface area contributed by atoms with Gasteiger partial charge < -0.3 is 15.4 Å². The first-order valence-corrected chi connectivity index (χ1v) is 9.39. The third-order valence-corrected chi connectivity index (χ3v) is 4.67. The smallest absolute Gasteiger partial charge is 0.259 e. The van der Waals surface area contributed by atoms with Gasteiger partial charge in [0.25, 0.3) is 11.8 Å². The molecule has 0 saturated carbocycles. The number of methoxy groups -OCH3 is 1. The van der Waals surface area contributed by atoms with E-state index in [1.54, 1.807) is 36.4 Å². The topological polar surface area (TPSA) is 67.4 Å². The van der Waals surface area contributed by atoms with Crippen molar-refractivity contribution in [1.29, 1.82) is 0 Å². The molecule has 3 rings (SSSR count). The number of carbonyl (C=O) groups excluding carboxylic acids is 2. The van der Waals surface area contributed by atoms with Gasteiger partial charge in [-0.2, -0.15) is 0 Å². The van der Waals surface area contributed by atoms with Gasteiger partial charge in [0.15, 0.2) is 0 Å². The molecule has 28 heavy (non-hydrogen) atoms. The average Bonchev–Trinajstić information content (AvgIpc) is 2.70. The first-order valence-electron chi connectivity index (χ1n) is 8.60. The Morgan fingerprint density at radius 3 is 2.32 bits per heavy atom. The Morgan fingerprint density at radius 1 is 0.893 bits per heavy atom. The number of aryl methyl sites for hydroxylation is 1. The van der Waals surface area contributed by atoms with Crippen molar-refractivity contribution in [2.75, 3.05) is 17.7 Å². The second-order valence-corrected chi connectivity index (χ2v) is 7.06. The molecule has 3 aromatic rings. The van der Waals surface area contributed by atoms with Crippen LogP contribution in [0.3, 0.4) is 0 Å². The van der Waals surface area contributed by atoms with Crippen LogP contribution in [0.2, 0.25) is 0 Å². The maximum atomic E-state index is 12.6. The van der Waals surface area contributed by atoms with E-state index in [0.717, 1.165) is 10.0 Å². The Kier molecular flexibility index (Phi) is 6.11. The molecule has 0 aromatic heterocycles. The Bertz CT molecular complexity index is 1020. The molecule has 0 atom stereocenters. The number of ether oxygens (including phenoxy) is 1. The van der Waals surface area contributed by atoms with Crippen molar-refractivity contribution in [2.45, 2.75) is 6.92 Å². The third-order valence-electron chi connectivity index (χ3n) is 4.17. The summed E-state index contributed by atoms with van der Waals surface area (Å²) < 4.78 is 6.04. The Morgan fingerprint density at radius 2 is 1.64 bits per heavy atom. The first kappa shape index (κ1) is 19.6. The average molecular weight is 439 g/mol. The largest absolute Gasteiger partial charge is 0.496 e. The van der Waals surface area contributed by atoms with E-state index in [9.17, 15) is 9.59 Å². The lowest BCUT2D eigenvalue weighted by atomic mass is 10.1. The summed E-state index contributed by atoms with van der Waals surface area (Å²) in [5, 5.41) is 5.75.